The van der Waals surface area contributed by atoms with Crippen LogP contribution in [0, 0.1) is 5.82 Å². The lowest BCUT2D eigenvalue weighted by Crippen LogP contribution is -2.22. The van der Waals surface area contributed by atoms with E-state index in [0.717, 1.165) is 16.0 Å². The minimum Gasteiger partial charge on any atom is -0.286 e. The molecule has 0 fully saturated rings. The number of sulfonamides is 1. The Morgan fingerprint density at radius 1 is 1.13 bits per heavy atom. The average Bonchev–Trinajstić information content (AvgIpc) is 3.11. The molecule has 1 aromatic heterocycles. The number of benzene rings is 2. The molecule has 0 aliphatic heterocycles. The van der Waals surface area contributed by atoms with Gasteiger partial charge in [0, 0.05) is 35.0 Å². The summed E-state index contributed by atoms with van der Waals surface area (Å²) < 4.78 is 37.7. The van der Waals surface area contributed by atoms with E-state index in [0.29, 0.717) is 29.0 Å². The maximum Gasteiger partial charge on any atom is 0.245 e. The molecule has 0 radical (unpaired) electrons. The van der Waals surface area contributed by atoms with Gasteiger partial charge >= 0.3 is 0 Å². The fraction of sp³-hybridized carbons (Fsp3) is 0.190. The highest BCUT2D eigenvalue weighted by Gasteiger charge is 2.21. The van der Waals surface area contributed by atoms with Gasteiger partial charge in [-0.2, -0.15) is 0 Å². The Morgan fingerprint density at radius 2 is 1.80 bits per heavy atom. The third kappa shape index (κ3) is 4.93. The van der Waals surface area contributed by atoms with Crippen LogP contribution in [0.25, 0.3) is 22.3 Å². The second kappa shape index (κ2) is 9.05. The van der Waals surface area contributed by atoms with E-state index in [2.05, 4.69) is 0 Å². The quantitative estimate of drug-likeness (QED) is 0.421. The molecule has 0 atom stereocenters. The molecule has 2 aromatic carbocycles. The fourth-order valence-electron chi connectivity index (χ4n) is 3.21. The molecule has 0 saturated heterocycles. The van der Waals surface area contributed by atoms with Crippen LogP contribution in [0.15, 0.2) is 58.8 Å². The van der Waals surface area contributed by atoms with E-state index in [1.165, 1.54) is 36.6 Å². The summed E-state index contributed by atoms with van der Waals surface area (Å²) in [6, 6.07) is 12.4. The van der Waals surface area contributed by atoms with Crippen molar-refractivity contribution in [1.82, 2.24) is 5.06 Å². The Balaban J connectivity index is 2.08. The number of halogens is 1. The van der Waals surface area contributed by atoms with Crippen molar-refractivity contribution in [3.63, 3.8) is 0 Å². The second-order valence-electron chi connectivity index (χ2n) is 6.77. The third-order valence-corrected chi connectivity index (χ3v) is 6.65. The van der Waals surface area contributed by atoms with Crippen molar-refractivity contribution >= 4 is 27.3 Å². The Bertz CT molecular complexity index is 1160. The molecule has 0 spiro atoms. The SMILES string of the molecule is CN(O)C(=O)CCCc1scc(-c2ccccc2S(N)(=O)=O)c1-c1ccc(F)cc1. The Kier molecular flexibility index (Phi) is 6.67. The zero-order chi connectivity index (χ0) is 21.9. The smallest absolute Gasteiger partial charge is 0.245 e. The van der Waals surface area contributed by atoms with E-state index in [4.69, 9.17) is 5.14 Å². The number of nitrogens with zero attached hydrogens (tertiary/aromatic N) is 1. The van der Waals surface area contributed by atoms with Crippen LogP contribution < -0.4 is 5.14 Å². The number of hydrogen-bond acceptors (Lipinski definition) is 5. The van der Waals surface area contributed by atoms with Crippen molar-refractivity contribution in [3.05, 3.63) is 64.6 Å². The molecule has 9 heteroatoms. The lowest BCUT2D eigenvalue weighted by atomic mass is 9.95. The normalized spacial score (nSPS) is 11.5. The zero-order valence-corrected chi connectivity index (χ0v) is 17.8. The molecule has 0 aliphatic carbocycles. The lowest BCUT2D eigenvalue weighted by molar-refractivity contribution is -0.159. The van der Waals surface area contributed by atoms with Crippen molar-refractivity contribution in [3.8, 4) is 22.3 Å². The topological polar surface area (TPSA) is 101 Å². The van der Waals surface area contributed by atoms with Crippen LogP contribution in [0.4, 0.5) is 4.39 Å². The van der Waals surface area contributed by atoms with Crippen molar-refractivity contribution in [1.29, 1.82) is 0 Å². The second-order valence-corrected chi connectivity index (χ2v) is 9.26. The van der Waals surface area contributed by atoms with Gasteiger partial charge in [-0.15, -0.1) is 11.3 Å². The maximum atomic E-state index is 13.5. The van der Waals surface area contributed by atoms with Gasteiger partial charge in [0.2, 0.25) is 15.9 Å². The van der Waals surface area contributed by atoms with Gasteiger partial charge < -0.3 is 0 Å². The molecule has 0 saturated carbocycles. The Hall–Kier alpha value is -2.59. The number of carbonyl (C=O) groups excluding carboxylic acids is 1. The Morgan fingerprint density at radius 3 is 2.43 bits per heavy atom. The first-order valence-electron chi connectivity index (χ1n) is 9.12. The minimum atomic E-state index is -3.95. The number of carbonyl (C=O) groups is 1. The summed E-state index contributed by atoms with van der Waals surface area (Å²) in [5.41, 5.74) is 2.66. The number of primary sulfonamides is 1. The molecule has 0 bridgehead atoms. The predicted octanol–water partition coefficient (Wildman–Crippen LogP) is 4.04. The molecule has 1 amide bonds. The number of nitrogens with two attached hydrogens (primary N) is 1. The highest BCUT2D eigenvalue weighted by molar-refractivity contribution is 7.89. The summed E-state index contributed by atoms with van der Waals surface area (Å²) >= 11 is 1.43. The molecule has 0 unspecified atom stereocenters. The van der Waals surface area contributed by atoms with Gasteiger partial charge in [0.15, 0.2) is 0 Å². The van der Waals surface area contributed by atoms with E-state index < -0.39 is 15.9 Å². The van der Waals surface area contributed by atoms with E-state index in [1.54, 1.807) is 30.3 Å². The number of aryl methyl sites for hydroxylation is 1. The van der Waals surface area contributed by atoms with Crippen molar-refractivity contribution in [2.75, 3.05) is 7.05 Å². The van der Waals surface area contributed by atoms with Crippen LogP contribution in [-0.4, -0.2) is 31.6 Å². The fourth-order valence-corrected chi connectivity index (χ4v) is 5.08. The number of amides is 1. The number of hydroxylamine groups is 2. The molecule has 3 rings (SSSR count). The molecule has 3 N–H and O–H groups in total. The van der Waals surface area contributed by atoms with Crippen molar-refractivity contribution in [2.45, 2.75) is 24.2 Å². The molecular weight excluding hydrogens is 427 g/mol. The first kappa shape index (κ1) is 22.1. The van der Waals surface area contributed by atoms with Crippen molar-refractivity contribution < 1.29 is 22.8 Å². The monoisotopic (exact) mass is 448 g/mol. The van der Waals surface area contributed by atoms with Gasteiger partial charge in [0.25, 0.3) is 0 Å². The Labute approximate surface area is 178 Å². The predicted molar refractivity (Wildman–Crippen MR) is 114 cm³/mol. The van der Waals surface area contributed by atoms with Crippen molar-refractivity contribution in [2.24, 2.45) is 5.14 Å². The highest BCUT2D eigenvalue weighted by Crippen LogP contribution is 2.42. The lowest BCUT2D eigenvalue weighted by Gasteiger charge is -2.12. The molecule has 0 aliphatic rings. The van der Waals surface area contributed by atoms with Gasteiger partial charge in [-0.3, -0.25) is 10.0 Å². The first-order valence-corrected chi connectivity index (χ1v) is 11.5. The molecule has 6 nitrogen and oxygen atoms in total. The number of thiophene rings is 1. The first-order chi connectivity index (χ1) is 14.2. The van der Waals surface area contributed by atoms with E-state index in [9.17, 15) is 22.8 Å². The van der Waals surface area contributed by atoms with Gasteiger partial charge in [0.1, 0.15) is 5.82 Å². The van der Waals surface area contributed by atoms with Gasteiger partial charge in [-0.05, 0) is 42.0 Å². The average molecular weight is 449 g/mol. The summed E-state index contributed by atoms with van der Waals surface area (Å²) in [7, 11) is -2.67. The van der Waals surface area contributed by atoms with Gasteiger partial charge in [-0.25, -0.2) is 23.0 Å². The summed E-state index contributed by atoms with van der Waals surface area (Å²) in [6.07, 6.45) is 1.19. The third-order valence-electron chi connectivity index (χ3n) is 4.64. The molecule has 30 heavy (non-hydrogen) atoms. The van der Waals surface area contributed by atoms with E-state index in [-0.39, 0.29) is 17.1 Å². The van der Waals surface area contributed by atoms with Gasteiger partial charge in [-0.1, -0.05) is 30.3 Å². The minimum absolute atomic E-state index is 0.00907. The van der Waals surface area contributed by atoms with Crippen LogP contribution in [0.5, 0.6) is 0 Å². The standard InChI is InChI=1S/C21H21FN2O4S2/c1-24(26)20(25)8-4-6-18-21(14-9-11-15(22)12-10-14)17(13-29-18)16-5-2-3-7-19(16)30(23,27)28/h2-3,5,7,9-13,26H,4,6,8H2,1H3,(H2,23,27,28). The largest absolute Gasteiger partial charge is 0.286 e. The van der Waals surface area contributed by atoms with E-state index >= 15 is 0 Å². The maximum absolute atomic E-state index is 13.5. The molecule has 3 aromatic rings. The van der Waals surface area contributed by atoms with Crippen LogP contribution >= 0.6 is 11.3 Å². The summed E-state index contributed by atoms with van der Waals surface area (Å²) in [5.74, 6) is -0.770. The number of hydrogen-bond donors (Lipinski definition) is 2. The van der Waals surface area contributed by atoms with Crippen LogP contribution in [0.2, 0.25) is 0 Å². The van der Waals surface area contributed by atoms with Crippen LogP contribution in [0.1, 0.15) is 17.7 Å². The van der Waals surface area contributed by atoms with Crippen LogP contribution in [0.3, 0.4) is 0 Å². The van der Waals surface area contributed by atoms with Gasteiger partial charge in [0.05, 0.1) is 4.90 Å². The molecule has 1 heterocycles. The van der Waals surface area contributed by atoms with E-state index in [1.807, 2.05) is 5.38 Å². The van der Waals surface area contributed by atoms with Crippen LogP contribution in [-0.2, 0) is 21.2 Å². The summed E-state index contributed by atoms with van der Waals surface area (Å²) in [5, 5.41) is 17.0. The highest BCUT2D eigenvalue weighted by atomic mass is 32.2. The number of rotatable bonds is 7. The molecule has 158 valence electrons. The molecular formula is C21H21FN2O4S2. The summed E-state index contributed by atoms with van der Waals surface area (Å²) in [4.78, 5) is 12.6. The zero-order valence-electron chi connectivity index (χ0n) is 16.2. The summed E-state index contributed by atoms with van der Waals surface area (Å²) in [6.45, 7) is 0.